The largest absolute Gasteiger partial charge is 0.490 e. The molecule has 0 aromatic carbocycles. The van der Waals surface area contributed by atoms with Crippen LogP contribution in [0.4, 0.5) is 38.0 Å². The average molecular weight is 576 g/mol. The fourth-order valence-electron chi connectivity index (χ4n) is 3.37. The van der Waals surface area contributed by atoms with Crippen LogP contribution in [0.1, 0.15) is 17.0 Å². The van der Waals surface area contributed by atoms with E-state index in [2.05, 4.69) is 46.1 Å². The first-order chi connectivity index (χ1) is 18.6. The summed E-state index contributed by atoms with van der Waals surface area (Å²) in [5, 5.41) is 18.6. The van der Waals surface area contributed by atoms with Crippen LogP contribution in [0.5, 0.6) is 0 Å². The Balaban J connectivity index is 0.000000333. The molecule has 0 saturated heterocycles. The quantitative estimate of drug-likeness (QED) is 0.442. The molecule has 0 fully saturated rings. The van der Waals surface area contributed by atoms with Crippen molar-refractivity contribution < 1.29 is 46.1 Å². The van der Waals surface area contributed by atoms with Gasteiger partial charge in [-0.15, -0.1) is 0 Å². The highest BCUT2D eigenvalue weighted by atomic mass is 19.4. The van der Waals surface area contributed by atoms with E-state index in [-0.39, 0.29) is 0 Å². The van der Waals surface area contributed by atoms with Crippen molar-refractivity contribution in [2.45, 2.75) is 39.3 Å². The minimum atomic E-state index is -5.08. The van der Waals surface area contributed by atoms with Crippen molar-refractivity contribution in [2.75, 3.05) is 29.4 Å². The van der Waals surface area contributed by atoms with Crippen LogP contribution in [0.25, 0.3) is 0 Å². The van der Waals surface area contributed by atoms with Crippen LogP contribution in [0, 0.1) is 13.8 Å². The van der Waals surface area contributed by atoms with Crippen molar-refractivity contribution >= 4 is 23.6 Å². The monoisotopic (exact) mass is 576 g/mol. The molecular weight excluding hydrogens is 550 g/mol. The number of carboxylic acid groups (broad SMARTS) is 2. The van der Waals surface area contributed by atoms with Gasteiger partial charge < -0.3 is 20.0 Å². The number of rotatable bonds is 4. The molecule has 3 aromatic heterocycles. The predicted molar refractivity (Wildman–Crippen MR) is 131 cm³/mol. The molecule has 1 aliphatic rings. The number of carbonyl (C=O) groups is 2. The third-order valence-corrected chi connectivity index (χ3v) is 5.24. The molecule has 218 valence electrons. The summed E-state index contributed by atoms with van der Waals surface area (Å²) in [5.74, 6) is -3.39. The van der Waals surface area contributed by atoms with Crippen molar-refractivity contribution in [1.29, 1.82) is 0 Å². The van der Waals surface area contributed by atoms with Gasteiger partial charge in [-0.2, -0.15) is 31.4 Å². The van der Waals surface area contributed by atoms with Gasteiger partial charge in [0.1, 0.15) is 11.6 Å². The lowest BCUT2D eigenvalue weighted by Gasteiger charge is -2.24. The molecule has 0 amide bonds. The van der Waals surface area contributed by atoms with Gasteiger partial charge in [0.05, 0.1) is 6.54 Å². The van der Waals surface area contributed by atoms with Crippen LogP contribution in [-0.2, 0) is 22.7 Å². The van der Waals surface area contributed by atoms with E-state index in [1.54, 1.807) is 0 Å². The zero-order chi connectivity index (χ0) is 30.1. The fraction of sp³-hybridized carbons (Fsp3) is 0.375. The fourth-order valence-corrected chi connectivity index (χ4v) is 3.37. The normalized spacial score (nSPS) is 13.2. The third kappa shape index (κ3) is 10.1. The molecule has 0 spiro atoms. The molecular formula is C24H26F6N6O4. The van der Waals surface area contributed by atoms with E-state index in [0.717, 1.165) is 55.7 Å². The van der Waals surface area contributed by atoms with Crippen molar-refractivity contribution in [2.24, 2.45) is 0 Å². The summed E-state index contributed by atoms with van der Waals surface area (Å²) >= 11 is 0. The molecule has 0 atom stereocenters. The topological polar surface area (TPSA) is 125 Å². The number of halogens is 6. The summed E-state index contributed by atoms with van der Waals surface area (Å²) in [4.78, 5) is 32.1. The Morgan fingerprint density at radius 1 is 0.850 bits per heavy atom. The Morgan fingerprint density at radius 2 is 1.45 bits per heavy atom. The highest BCUT2D eigenvalue weighted by molar-refractivity contribution is 5.73. The zero-order valence-corrected chi connectivity index (χ0v) is 21.3. The molecule has 4 heterocycles. The molecule has 3 aromatic rings. The molecule has 10 nitrogen and oxygen atoms in total. The molecule has 0 aliphatic carbocycles. The Kier molecular flexibility index (Phi) is 10.8. The summed E-state index contributed by atoms with van der Waals surface area (Å²) in [5.41, 5.74) is 3.34. The lowest BCUT2D eigenvalue weighted by molar-refractivity contribution is -0.193. The molecule has 0 bridgehead atoms. The number of alkyl halides is 6. The van der Waals surface area contributed by atoms with Crippen LogP contribution in [0.2, 0.25) is 0 Å². The first-order valence-electron chi connectivity index (χ1n) is 11.6. The van der Waals surface area contributed by atoms with E-state index in [4.69, 9.17) is 29.8 Å². The first kappa shape index (κ1) is 31.8. The van der Waals surface area contributed by atoms with Gasteiger partial charge in [-0.1, -0.05) is 12.1 Å². The van der Waals surface area contributed by atoms with Gasteiger partial charge in [0, 0.05) is 55.5 Å². The first-order valence-corrected chi connectivity index (χ1v) is 11.6. The number of aryl methyl sites for hydroxylation is 2. The Hall–Kier alpha value is -4.37. The van der Waals surface area contributed by atoms with Crippen LogP contribution < -0.4 is 9.80 Å². The standard InChI is InChI=1S/C20H24N6.2C2HF3O2/c1-16-5-3-6-19(22-16)25-12-11-24(13-14-26-10-4-9-21-26)20-18(15-25)8-7-17(2)23-20;2*3-2(4,5)1(6)7/h3-10H,11-15H2,1-2H3;2*(H,6,7). The van der Waals surface area contributed by atoms with Gasteiger partial charge in [-0.05, 0) is 38.1 Å². The number of aromatic nitrogens is 4. The minimum absolute atomic E-state index is 0.831. The number of carboxylic acids is 2. The van der Waals surface area contributed by atoms with E-state index in [9.17, 15) is 26.3 Å². The lowest BCUT2D eigenvalue weighted by Crippen LogP contribution is -2.34. The number of nitrogens with zero attached hydrogens (tertiary/aromatic N) is 6. The lowest BCUT2D eigenvalue weighted by atomic mass is 10.2. The number of pyridine rings is 2. The molecule has 4 rings (SSSR count). The maximum Gasteiger partial charge on any atom is 0.490 e. The number of hydrogen-bond acceptors (Lipinski definition) is 7. The Labute approximate surface area is 224 Å². The number of fused-ring (bicyclic) bond motifs is 1. The maximum absolute atomic E-state index is 10.6. The molecule has 16 heteroatoms. The summed E-state index contributed by atoms with van der Waals surface area (Å²) < 4.78 is 65.4. The summed E-state index contributed by atoms with van der Waals surface area (Å²) in [6, 6.07) is 12.5. The summed E-state index contributed by atoms with van der Waals surface area (Å²) in [6.07, 6.45) is -6.34. The van der Waals surface area contributed by atoms with Gasteiger partial charge in [-0.25, -0.2) is 19.6 Å². The van der Waals surface area contributed by atoms with Gasteiger partial charge in [0.15, 0.2) is 0 Å². The van der Waals surface area contributed by atoms with E-state index in [0.29, 0.717) is 0 Å². The van der Waals surface area contributed by atoms with Crippen molar-refractivity contribution in [3.8, 4) is 0 Å². The Bertz CT molecular complexity index is 1240. The minimum Gasteiger partial charge on any atom is -0.475 e. The SMILES string of the molecule is Cc1cccc(N2CCN(CCn3cccn3)c3nc(C)ccc3C2)n1.O=C(O)C(F)(F)F.O=C(O)C(F)(F)F. The Morgan fingerprint density at radius 3 is 1.98 bits per heavy atom. The molecule has 2 N–H and O–H groups in total. The predicted octanol–water partition coefficient (Wildman–Crippen LogP) is 4.08. The van der Waals surface area contributed by atoms with E-state index < -0.39 is 24.3 Å². The van der Waals surface area contributed by atoms with Crippen LogP contribution in [0.3, 0.4) is 0 Å². The number of anilines is 2. The van der Waals surface area contributed by atoms with Crippen LogP contribution in [0.15, 0.2) is 48.8 Å². The highest BCUT2D eigenvalue weighted by Crippen LogP contribution is 2.26. The van der Waals surface area contributed by atoms with Crippen molar-refractivity contribution in [1.82, 2.24) is 19.7 Å². The van der Waals surface area contributed by atoms with Gasteiger partial charge in [-0.3, -0.25) is 4.68 Å². The van der Waals surface area contributed by atoms with Crippen LogP contribution in [-0.4, -0.2) is 73.9 Å². The van der Waals surface area contributed by atoms with E-state index in [1.807, 2.05) is 36.1 Å². The average Bonchev–Trinajstić information content (AvgIpc) is 3.31. The van der Waals surface area contributed by atoms with Gasteiger partial charge in [0.25, 0.3) is 0 Å². The third-order valence-electron chi connectivity index (χ3n) is 5.24. The highest BCUT2D eigenvalue weighted by Gasteiger charge is 2.38. The molecule has 1 aliphatic heterocycles. The van der Waals surface area contributed by atoms with Gasteiger partial charge >= 0.3 is 24.3 Å². The van der Waals surface area contributed by atoms with E-state index in [1.165, 1.54) is 5.56 Å². The zero-order valence-electron chi connectivity index (χ0n) is 21.3. The molecule has 0 radical (unpaired) electrons. The maximum atomic E-state index is 10.6. The summed E-state index contributed by atoms with van der Waals surface area (Å²) in [6.45, 7) is 8.50. The van der Waals surface area contributed by atoms with Crippen molar-refractivity contribution in [3.63, 3.8) is 0 Å². The van der Waals surface area contributed by atoms with E-state index >= 15 is 0 Å². The van der Waals surface area contributed by atoms with Crippen LogP contribution >= 0.6 is 0 Å². The second-order valence-corrected chi connectivity index (χ2v) is 8.36. The second-order valence-electron chi connectivity index (χ2n) is 8.36. The molecule has 40 heavy (non-hydrogen) atoms. The van der Waals surface area contributed by atoms with Gasteiger partial charge in [0.2, 0.25) is 0 Å². The smallest absolute Gasteiger partial charge is 0.475 e. The number of hydrogen-bond donors (Lipinski definition) is 2. The molecule has 0 saturated carbocycles. The second kappa shape index (κ2) is 13.6. The molecule has 0 unspecified atom stereocenters. The van der Waals surface area contributed by atoms with Crippen molar-refractivity contribution in [3.05, 3.63) is 65.7 Å². The summed E-state index contributed by atoms with van der Waals surface area (Å²) in [7, 11) is 0. The number of aliphatic carboxylic acids is 2.